The molecule has 0 saturated carbocycles. The number of aliphatic imine (C=N–C) groups is 1. The molecule has 2 aromatic rings. The molecule has 0 spiro atoms. The normalized spacial score (nSPS) is 17.6. The molecule has 216 valence electrons. The Balaban J connectivity index is 1.60. The number of carbonyl (C=O) groups excluding carboxylic acids is 2. The van der Waals surface area contributed by atoms with E-state index in [0.717, 1.165) is 6.42 Å². The molecule has 1 heterocycles. The van der Waals surface area contributed by atoms with Crippen LogP contribution in [0.5, 0.6) is 11.5 Å². The van der Waals surface area contributed by atoms with Crippen molar-refractivity contribution in [3.8, 4) is 11.5 Å². The van der Waals surface area contributed by atoms with Crippen LogP contribution in [-0.2, 0) is 19.1 Å². The lowest BCUT2D eigenvalue weighted by Crippen LogP contribution is -2.36. The summed E-state index contributed by atoms with van der Waals surface area (Å²) < 4.78 is 36.1. The molecule has 3 atom stereocenters. The van der Waals surface area contributed by atoms with Gasteiger partial charge in [-0.2, -0.15) is 0 Å². The highest BCUT2D eigenvalue weighted by atomic mass is 19.1. The fraction of sp³-hybridized carbons (Fsp3) is 0.433. The Morgan fingerprint density at radius 1 is 1.05 bits per heavy atom. The van der Waals surface area contributed by atoms with E-state index in [1.807, 2.05) is 30.3 Å². The van der Waals surface area contributed by atoms with Crippen molar-refractivity contribution in [3.63, 3.8) is 0 Å². The monoisotopic (exact) mass is 556 g/mol. The Morgan fingerprint density at radius 2 is 1.80 bits per heavy atom. The van der Waals surface area contributed by atoms with Crippen LogP contribution in [0.15, 0.2) is 64.8 Å². The second kappa shape index (κ2) is 15.1. The highest BCUT2D eigenvalue weighted by Gasteiger charge is 2.43. The first-order valence-corrected chi connectivity index (χ1v) is 13.2. The molecule has 3 rings (SSSR count). The van der Waals surface area contributed by atoms with E-state index in [-0.39, 0.29) is 12.2 Å². The van der Waals surface area contributed by atoms with E-state index < -0.39 is 35.7 Å². The second-order valence-electron chi connectivity index (χ2n) is 9.44. The van der Waals surface area contributed by atoms with Gasteiger partial charge in [-0.1, -0.05) is 18.2 Å². The van der Waals surface area contributed by atoms with E-state index in [2.05, 4.69) is 10.3 Å². The number of methoxy groups -OCH3 is 2. The predicted octanol–water partition coefficient (Wildman–Crippen LogP) is 3.81. The van der Waals surface area contributed by atoms with Gasteiger partial charge in [-0.05, 0) is 63.6 Å². The number of para-hydroxylation sites is 1. The second-order valence-corrected chi connectivity index (χ2v) is 9.44. The number of unbranched alkanes of at least 4 members (excludes halogenated alkanes) is 1. The fourth-order valence-electron chi connectivity index (χ4n) is 4.65. The number of benzene rings is 2. The third-order valence-electron chi connectivity index (χ3n) is 6.57. The molecule has 2 aromatic carbocycles. The molecule has 0 bridgehead atoms. The Morgan fingerprint density at radius 3 is 2.50 bits per heavy atom. The average Bonchev–Trinajstić information content (AvgIpc) is 2.95. The van der Waals surface area contributed by atoms with Gasteiger partial charge in [0.05, 0.1) is 26.4 Å². The van der Waals surface area contributed by atoms with Gasteiger partial charge in [-0.3, -0.25) is 9.79 Å². The number of esters is 2. The summed E-state index contributed by atoms with van der Waals surface area (Å²) >= 11 is 0. The quantitative estimate of drug-likeness (QED) is 0.267. The lowest BCUT2D eigenvalue weighted by Gasteiger charge is -2.32. The van der Waals surface area contributed by atoms with Crippen molar-refractivity contribution < 1.29 is 38.0 Å². The first kappa shape index (κ1) is 30.8. The van der Waals surface area contributed by atoms with Gasteiger partial charge in [0.25, 0.3) is 0 Å². The van der Waals surface area contributed by atoms with Gasteiger partial charge < -0.3 is 29.4 Å². The summed E-state index contributed by atoms with van der Waals surface area (Å²) in [6.07, 6.45) is 0.781. The molecule has 9 nitrogen and oxygen atoms in total. The van der Waals surface area contributed by atoms with Gasteiger partial charge in [-0.15, -0.1) is 0 Å². The minimum atomic E-state index is -0.951. The van der Waals surface area contributed by atoms with Gasteiger partial charge in [0.2, 0.25) is 0 Å². The number of hydrogen-bond donors (Lipinski definition) is 2. The third kappa shape index (κ3) is 8.12. The van der Waals surface area contributed by atoms with Crippen molar-refractivity contribution in [1.29, 1.82) is 0 Å². The summed E-state index contributed by atoms with van der Waals surface area (Å²) in [5, 5.41) is 13.3. The maximum atomic E-state index is 14.5. The zero-order valence-electron chi connectivity index (χ0n) is 23.3. The number of rotatable bonds is 14. The molecular weight excluding hydrogens is 519 g/mol. The summed E-state index contributed by atoms with van der Waals surface area (Å²) in [6, 6.07) is 13.3. The van der Waals surface area contributed by atoms with Crippen molar-refractivity contribution in [2.45, 2.75) is 38.7 Å². The minimum Gasteiger partial charge on any atom is -0.493 e. The Bertz CT molecular complexity index is 1220. The van der Waals surface area contributed by atoms with E-state index in [1.165, 1.54) is 32.4 Å². The van der Waals surface area contributed by atoms with Crippen LogP contribution < -0.4 is 14.8 Å². The molecule has 0 fully saturated rings. The van der Waals surface area contributed by atoms with E-state index in [1.54, 1.807) is 13.8 Å². The zero-order chi connectivity index (χ0) is 29.1. The van der Waals surface area contributed by atoms with E-state index in [0.29, 0.717) is 54.6 Å². The molecular formula is C30H37FN2O7. The Kier molecular flexibility index (Phi) is 11.6. The first-order chi connectivity index (χ1) is 19.3. The summed E-state index contributed by atoms with van der Waals surface area (Å²) in [5.74, 6) is -2.59. The Hall–Kier alpha value is -3.76. The topological polar surface area (TPSA) is 116 Å². The van der Waals surface area contributed by atoms with E-state index >= 15 is 0 Å². The Labute approximate surface area is 234 Å². The van der Waals surface area contributed by atoms with Crippen molar-refractivity contribution in [1.82, 2.24) is 5.32 Å². The molecule has 2 N–H and O–H groups in total. The highest BCUT2D eigenvalue weighted by Crippen LogP contribution is 2.43. The van der Waals surface area contributed by atoms with Crippen molar-refractivity contribution in [2.75, 3.05) is 40.5 Å². The number of hydrogen-bond acceptors (Lipinski definition) is 9. The van der Waals surface area contributed by atoms with E-state index in [4.69, 9.17) is 18.9 Å². The lowest BCUT2D eigenvalue weighted by atomic mass is 9.75. The SMILES string of the molecule is COC(=O)C1=C(C)N=C(C)C(C(=O)OC)C1c1cc(F)ccc1OCCCCNCC(O)COc1ccccc1. The maximum absolute atomic E-state index is 14.5. The van der Waals surface area contributed by atoms with E-state index in [9.17, 15) is 19.1 Å². The smallest absolute Gasteiger partial charge is 0.336 e. The molecule has 0 radical (unpaired) electrons. The molecule has 0 saturated heterocycles. The van der Waals surface area contributed by atoms with Crippen molar-refractivity contribution in [3.05, 3.63) is 71.2 Å². The van der Waals surface area contributed by atoms with Crippen molar-refractivity contribution in [2.24, 2.45) is 10.9 Å². The van der Waals surface area contributed by atoms with Crippen LogP contribution >= 0.6 is 0 Å². The number of allylic oxidation sites excluding steroid dienone is 1. The van der Waals surface area contributed by atoms with Crippen LogP contribution in [0.3, 0.4) is 0 Å². The molecule has 0 aliphatic carbocycles. The van der Waals surface area contributed by atoms with Crippen LogP contribution in [-0.4, -0.2) is 69.4 Å². The van der Waals surface area contributed by atoms with Crippen LogP contribution in [0.1, 0.15) is 38.2 Å². The third-order valence-corrected chi connectivity index (χ3v) is 6.57. The summed E-state index contributed by atoms with van der Waals surface area (Å²) in [4.78, 5) is 30.0. The van der Waals surface area contributed by atoms with Crippen LogP contribution in [0, 0.1) is 11.7 Å². The van der Waals surface area contributed by atoms with Gasteiger partial charge in [-0.25, -0.2) is 9.18 Å². The summed E-state index contributed by atoms with van der Waals surface area (Å²) in [5.41, 5.74) is 1.31. The number of ether oxygens (including phenoxy) is 4. The molecule has 3 unspecified atom stereocenters. The molecule has 40 heavy (non-hydrogen) atoms. The van der Waals surface area contributed by atoms with Gasteiger partial charge in [0, 0.05) is 29.4 Å². The molecule has 0 amide bonds. The minimum absolute atomic E-state index is 0.151. The number of aliphatic hydroxyl groups excluding tert-OH is 1. The van der Waals surface area contributed by atoms with Gasteiger partial charge in [0.1, 0.15) is 35.9 Å². The first-order valence-electron chi connectivity index (χ1n) is 13.2. The molecule has 1 aliphatic heterocycles. The number of halogens is 1. The van der Waals surface area contributed by atoms with Crippen LogP contribution in [0.25, 0.3) is 0 Å². The average molecular weight is 557 g/mol. The lowest BCUT2D eigenvalue weighted by molar-refractivity contribution is -0.143. The highest BCUT2D eigenvalue weighted by molar-refractivity contribution is 6.07. The van der Waals surface area contributed by atoms with Gasteiger partial charge >= 0.3 is 11.9 Å². The van der Waals surface area contributed by atoms with Crippen molar-refractivity contribution >= 4 is 17.7 Å². The number of carbonyl (C=O) groups is 2. The number of nitrogens with zero attached hydrogens (tertiary/aromatic N) is 1. The summed E-state index contributed by atoms with van der Waals surface area (Å²) in [7, 11) is 2.49. The largest absolute Gasteiger partial charge is 0.493 e. The maximum Gasteiger partial charge on any atom is 0.336 e. The molecule has 0 aromatic heterocycles. The summed E-state index contributed by atoms with van der Waals surface area (Å²) in [6.45, 7) is 4.86. The zero-order valence-corrected chi connectivity index (χ0v) is 23.3. The molecule has 10 heteroatoms. The predicted molar refractivity (Wildman–Crippen MR) is 148 cm³/mol. The number of nitrogens with one attached hydrogen (secondary N) is 1. The molecule has 1 aliphatic rings. The number of aliphatic hydroxyl groups is 1. The van der Waals surface area contributed by atoms with Crippen LogP contribution in [0.2, 0.25) is 0 Å². The van der Waals surface area contributed by atoms with Crippen LogP contribution in [0.4, 0.5) is 4.39 Å². The van der Waals surface area contributed by atoms with Gasteiger partial charge in [0.15, 0.2) is 0 Å². The fourth-order valence-corrected chi connectivity index (χ4v) is 4.65. The standard InChI is InChI=1S/C30H37FN2O7/c1-19-26(29(35)37-3)28(27(20(2)33-19)30(36)38-4)24-16-21(31)12-13-25(24)39-15-9-8-14-32-17-22(34)18-40-23-10-6-5-7-11-23/h5-7,10-13,16,22,26,28,32,34H,8-9,14-15,17-18H2,1-4H3.